The lowest BCUT2D eigenvalue weighted by Crippen LogP contribution is -2.44. The van der Waals surface area contributed by atoms with Gasteiger partial charge in [-0.1, -0.05) is 6.07 Å². The van der Waals surface area contributed by atoms with Crippen LogP contribution in [0.4, 0.5) is 0 Å². The summed E-state index contributed by atoms with van der Waals surface area (Å²) < 4.78 is 6.46. The largest absolute Gasteiger partial charge is 0.507 e. The normalized spacial score (nSPS) is 26.1. The summed E-state index contributed by atoms with van der Waals surface area (Å²) in [7, 11) is 0. The minimum absolute atomic E-state index is 0.289. The minimum atomic E-state index is 0.289. The van der Waals surface area contributed by atoms with E-state index in [1.807, 2.05) is 12.1 Å². The van der Waals surface area contributed by atoms with E-state index >= 15 is 0 Å². The van der Waals surface area contributed by atoms with Crippen molar-refractivity contribution in [3.8, 4) is 5.75 Å². The van der Waals surface area contributed by atoms with E-state index < -0.39 is 0 Å². The predicted octanol–water partition coefficient (Wildman–Crippen LogP) is 2.76. The van der Waals surface area contributed by atoms with Crippen molar-refractivity contribution in [3.63, 3.8) is 0 Å². The van der Waals surface area contributed by atoms with Gasteiger partial charge in [0, 0.05) is 19.6 Å². The topological polar surface area (TPSA) is 32.7 Å². The van der Waals surface area contributed by atoms with Crippen LogP contribution in [0.3, 0.4) is 0 Å². The van der Waals surface area contributed by atoms with Crippen molar-refractivity contribution >= 4 is 15.9 Å². The first kappa shape index (κ1) is 12.9. The van der Waals surface area contributed by atoms with Gasteiger partial charge < -0.3 is 9.84 Å². The van der Waals surface area contributed by atoms with Crippen LogP contribution in [0.25, 0.3) is 0 Å². The number of hydrogen-bond acceptors (Lipinski definition) is 3. The standard InChI is InChI=1S/C13H18BrNO2/c1-9-6-15(7-10(2)17-9)8-11-3-4-13(16)12(14)5-11/h3-5,9-10,16H,6-8H2,1-2H3. The summed E-state index contributed by atoms with van der Waals surface area (Å²) in [4.78, 5) is 2.39. The summed E-state index contributed by atoms with van der Waals surface area (Å²) in [6.07, 6.45) is 0.582. The first-order valence-corrected chi connectivity index (χ1v) is 6.69. The van der Waals surface area contributed by atoms with Crippen LogP contribution in [0.5, 0.6) is 5.75 Å². The van der Waals surface area contributed by atoms with Gasteiger partial charge in [-0.3, -0.25) is 4.90 Å². The lowest BCUT2D eigenvalue weighted by molar-refractivity contribution is -0.0704. The monoisotopic (exact) mass is 299 g/mol. The maximum Gasteiger partial charge on any atom is 0.129 e. The third kappa shape index (κ3) is 3.44. The zero-order valence-corrected chi connectivity index (χ0v) is 11.8. The number of hydrogen-bond donors (Lipinski definition) is 1. The number of phenolic OH excluding ortho intramolecular Hbond substituents is 1. The third-order valence-electron chi connectivity index (χ3n) is 2.91. The average molecular weight is 300 g/mol. The quantitative estimate of drug-likeness (QED) is 0.911. The Labute approximate surface area is 111 Å². The minimum Gasteiger partial charge on any atom is -0.507 e. The van der Waals surface area contributed by atoms with Crippen LogP contribution in [0.2, 0.25) is 0 Å². The molecule has 1 aromatic carbocycles. The summed E-state index contributed by atoms with van der Waals surface area (Å²) >= 11 is 3.34. The molecule has 0 bridgehead atoms. The lowest BCUT2D eigenvalue weighted by atomic mass is 10.1. The van der Waals surface area contributed by atoms with E-state index in [0.717, 1.165) is 24.1 Å². The van der Waals surface area contributed by atoms with E-state index in [-0.39, 0.29) is 5.75 Å². The second-order valence-corrected chi connectivity index (χ2v) is 5.59. The molecule has 0 aliphatic carbocycles. The van der Waals surface area contributed by atoms with E-state index in [4.69, 9.17) is 4.74 Å². The van der Waals surface area contributed by atoms with Crippen LogP contribution in [0.15, 0.2) is 22.7 Å². The smallest absolute Gasteiger partial charge is 0.129 e. The van der Waals surface area contributed by atoms with Crippen LogP contribution in [0.1, 0.15) is 19.4 Å². The molecule has 94 valence electrons. The van der Waals surface area contributed by atoms with E-state index in [0.29, 0.717) is 12.2 Å². The van der Waals surface area contributed by atoms with Gasteiger partial charge >= 0.3 is 0 Å². The Bertz CT molecular complexity index is 387. The van der Waals surface area contributed by atoms with Crippen LogP contribution in [0, 0.1) is 0 Å². The molecule has 1 fully saturated rings. The van der Waals surface area contributed by atoms with Crippen LogP contribution in [-0.2, 0) is 11.3 Å². The molecule has 1 aliphatic rings. The third-order valence-corrected chi connectivity index (χ3v) is 3.55. The number of ether oxygens (including phenoxy) is 1. The average Bonchev–Trinajstić information content (AvgIpc) is 2.22. The molecule has 1 aliphatic heterocycles. The molecule has 1 saturated heterocycles. The summed E-state index contributed by atoms with van der Waals surface area (Å²) in [6, 6.07) is 5.66. The molecule has 1 aromatic rings. The Morgan fingerprint density at radius 2 is 2.00 bits per heavy atom. The van der Waals surface area contributed by atoms with Gasteiger partial charge in [-0.25, -0.2) is 0 Å². The summed E-state index contributed by atoms with van der Waals surface area (Å²) in [5.41, 5.74) is 1.20. The van der Waals surface area contributed by atoms with Crippen molar-refractivity contribution in [1.29, 1.82) is 0 Å². The van der Waals surface area contributed by atoms with Crippen molar-refractivity contribution < 1.29 is 9.84 Å². The molecule has 3 nitrogen and oxygen atoms in total. The van der Waals surface area contributed by atoms with E-state index in [2.05, 4.69) is 34.7 Å². The van der Waals surface area contributed by atoms with E-state index in [1.54, 1.807) is 6.07 Å². The highest BCUT2D eigenvalue weighted by Gasteiger charge is 2.22. The molecule has 2 atom stereocenters. The van der Waals surface area contributed by atoms with E-state index in [9.17, 15) is 5.11 Å². The Hall–Kier alpha value is -0.580. The van der Waals surface area contributed by atoms with Gasteiger partial charge in [0.1, 0.15) is 5.75 Å². The zero-order valence-electron chi connectivity index (χ0n) is 10.2. The number of rotatable bonds is 2. The maximum absolute atomic E-state index is 9.45. The van der Waals surface area contributed by atoms with Gasteiger partial charge in [-0.05, 0) is 47.5 Å². The molecule has 1 N–H and O–H groups in total. The van der Waals surface area contributed by atoms with Crippen molar-refractivity contribution in [2.24, 2.45) is 0 Å². The molecular formula is C13H18BrNO2. The SMILES string of the molecule is CC1CN(Cc2ccc(O)c(Br)c2)CC(C)O1. The fourth-order valence-corrected chi connectivity index (χ4v) is 2.75. The highest BCUT2D eigenvalue weighted by Crippen LogP contribution is 2.25. The second kappa shape index (κ2) is 5.38. The van der Waals surface area contributed by atoms with Gasteiger partial charge in [-0.2, -0.15) is 0 Å². The van der Waals surface area contributed by atoms with Gasteiger partial charge in [0.25, 0.3) is 0 Å². The molecule has 0 saturated carbocycles. The first-order valence-electron chi connectivity index (χ1n) is 5.90. The first-order chi connectivity index (χ1) is 8.04. The van der Waals surface area contributed by atoms with Crippen molar-refractivity contribution in [3.05, 3.63) is 28.2 Å². The number of aromatic hydroxyl groups is 1. The molecule has 0 aromatic heterocycles. The molecular weight excluding hydrogens is 282 g/mol. The fourth-order valence-electron chi connectivity index (χ4n) is 2.32. The fraction of sp³-hybridized carbons (Fsp3) is 0.538. The maximum atomic E-state index is 9.45. The lowest BCUT2D eigenvalue weighted by Gasteiger charge is -2.35. The molecule has 4 heteroatoms. The zero-order chi connectivity index (χ0) is 12.4. The van der Waals surface area contributed by atoms with Crippen molar-refractivity contribution in [2.75, 3.05) is 13.1 Å². The molecule has 0 spiro atoms. The molecule has 1 heterocycles. The summed E-state index contributed by atoms with van der Waals surface area (Å²) in [6.45, 7) is 7.04. The highest BCUT2D eigenvalue weighted by molar-refractivity contribution is 9.10. The Morgan fingerprint density at radius 1 is 1.35 bits per heavy atom. The molecule has 0 radical (unpaired) electrons. The number of morpholine rings is 1. The molecule has 17 heavy (non-hydrogen) atoms. The Morgan fingerprint density at radius 3 is 2.59 bits per heavy atom. The Balaban J connectivity index is 2.02. The van der Waals surface area contributed by atoms with Crippen LogP contribution < -0.4 is 0 Å². The highest BCUT2D eigenvalue weighted by atomic mass is 79.9. The number of phenols is 1. The summed E-state index contributed by atoms with van der Waals surface area (Å²) in [5.74, 6) is 0.289. The van der Waals surface area contributed by atoms with Crippen LogP contribution in [-0.4, -0.2) is 35.3 Å². The number of halogens is 1. The molecule has 2 rings (SSSR count). The van der Waals surface area contributed by atoms with Gasteiger partial charge in [0.15, 0.2) is 0 Å². The van der Waals surface area contributed by atoms with E-state index in [1.165, 1.54) is 5.56 Å². The molecule has 0 amide bonds. The van der Waals surface area contributed by atoms with Gasteiger partial charge in [0.05, 0.1) is 16.7 Å². The number of nitrogens with zero attached hydrogens (tertiary/aromatic N) is 1. The van der Waals surface area contributed by atoms with Crippen molar-refractivity contribution in [1.82, 2.24) is 4.90 Å². The predicted molar refractivity (Wildman–Crippen MR) is 71.1 cm³/mol. The summed E-state index contributed by atoms with van der Waals surface area (Å²) in [5, 5.41) is 9.45. The number of benzene rings is 1. The van der Waals surface area contributed by atoms with Crippen molar-refractivity contribution in [2.45, 2.75) is 32.6 Å². The van der Waals surface area contributed by atoms with Crippen LogP contribution >= 0.6 is 15.9 Å². The second-order valence-electron chi connectivity index (χ2n) is 4.74. The van der Waals surface area contributed by atoms with Gasteiger partial charge in [0.2, 0.25) is 0 Å². The molecule has 2 unspecified atom stereocenters. The van der Waals surface area contributed by atoms with Gasteiger partial charge in [-0.15, -0.1) is 0 Å². The Kier molecular flexibility index (Phi) is 4.07.